The van der Waals surface area contributed by atoms with Crippen LogP contribution in [-0.4, -0.2) is 58.2 Å². The van der Waals surface area contributed by atoms with E-state index in [1.165, 1.54) is 16.5 Å². The molecule has 0 radical (unpaired) electrons. The number of para-hydroxylation sites is 1. The molecule has 0 unspecified atom stereocenters. The Hall–Kier alpha value is -1.85. The van der Waals surface area contributed by atoms with E-state index in [-0.39, 0.29) is 6.54 Å². The van der Waals surface area contributed by atoms with Gasteiger partial charge in [0.1, 0.15) is 0 Å². The molecule has 21 heavy (non-hydrogen) atoms. The van der Waals surface area contributed by atoms with Crippen molar-refractivity contribution in [1.29, 1.82) is 0 Å². The largest absolute Gasteiger partial charge is 0.480 e. The second kappa shape index (κ2) is 5.87. The number of aromatic nitrogens is 1. The highest BCUT2D eigenvalue weighted by atomic mass is 16.4. The second-order valence-corrected chi connectivity index (χ2v) is 5.73. The summed E-state index contributed by atoms with van der Waals surface area (Å²) in [5.41, 5.74) is 2.61. The van der Waals surface area contributed by atoms with Gasteiger partial charge in [-0.25, -0.2) is 0 Å². The van der Waals surface area contributed by atoms with Gasteiger partial charge >= 0.3 is 5.97 Å². The van der Waals surface area contributed by atoms with E-state index in [2.05, 4.69) is 47.0 Å². The Kier molecular flexibility index (Phi) is 3.94. The van der Waals surface area contributed by atoms with Crippen molar-refractivity contribution in [1.82, 2.24) is 14.4 Å². The minimum atomic E-state index is -0.738. The maximum absolute atomic E-state index is 10.7. The number of aliphatic carboxylic acids is 1. The van der Waals surface area contributed by atoms with Crippen LogP contribution in [-0.2, 0) is 18.4 Å². The molecule has 0 spiro atoms. The summed E-state index contributed by atoms with van der Waals surface area (Å²) < 4.78 is 2.17. The number of aryl methyl sites for hydroxylation is 1. The van der Waals surface area contributed by atoms with Gasteiger partial charge in [0.25, 0.3) is 0 Å². The Morgan fingerprint density at radius 3 is 2.52 bits per heavy atom. The van der Waals surface area contributed by atoms with E-state index in [9.17, 15) is 4.79 Å². The molecule has 1 aromatic heterocycles. The third-order valence-corrected chi connectivity index (χ3v) is 4.20. The summed E-state index contributed by atoms with van der Waals surface area (Å²) in [6.07, 6.45) is 2.20. The summed E-state index contributed by atoms with van der Waals surface area (Å²) in [6.45, 7) is 4.60. The van der Waals surface area contributed by atoms with Crippen LogP contribution in [0, 0.1) is 0 Å². The fourth-order valence-corrected chi connectivity index (χ4v) is 3.09. The maximum Gasteiger partial charge on any atom is 0.317 e. The lowest BCUT2D eigenvalue weighted by molar-refractivity contribution is -0.138. The summed E-state index contributed by atoms with van der Waals surface area (Å²) in [6, 6.07) is 8.46. The lowest BCUT2D eigenvalue weighted by Crippen LogP contribution is -2.47. The SMILES string of the molecule is Cn1cc(CN2CCN(CC(=O)O)CC2)c2ccccc21. The molecule has 5 heteroatoms. The lowest BCUT2D eigenvalue weighted by Gasteiger charge is -2.33. The summed E-state index contributed by atoms with van der Waals surface area (Å²) in [5, 5.41) is 10.1. The number of hydrogen-bond donors (Lipinski definition) is 1. The monoisotopic (exact) mass is 287 g/mol. The number of carbonyl (C=O) groups is 1. The van der Waals surface area contributed by atoms with Crippen molar-refractivity contribution in [2.75, 3.05) is 32.7 Å². The molecular formula is C16H21N3O2. The van der Waals surface area contributed by atoms with Gasteiger partial charge in [-0.3, -0.25) is 14.6 Å². The highest BCUT2D eigenvalue weighted by Crippen LogP contribution is 2.22. The summed E-state index contributed by atoms with van der Waals surface area (Å²) in [7, 11) is 2.08. The Balaban J connectivity index is 1.66. The first-order valence-corrected chi connectivity index (χ1v) is 7.33. The summed E-state index contributed by atoms with van der Waals surface area (Å²) in [4.78, 5) is 15.1. The molecule has 0 amide bonds. The van der Waals surface area contributed by atoms with Crippen LogP contribution in [0.25, 0.3) is 10.9 Å². The molecule has 0 aliphatic carbocycles. The van der Waals surface area contributed by atoms with Gasteiger partial charge in [-0.1, -0.05) is 18.2 Å². The van der Waals surface area contributed by atoms with Crippen molar-refractivity contribution < 1.29 is 9.90 Å². The molecule has 3 rings (SSSR count). The van der Waals surface area contributed by atoms with Crippen molar-refractivity contribution in [3.63, 3.8) is 0 Å². The van der Waals surface area contributed by atoms with Crippen LogP contribution >= 0.6 is 0 Å². The van der Waals surface area contributed by atoms with Gasteiger partial charge in [-0.2, -0.15) is 0 Å². The zero-order valence-electron chi connectivity index (χ0n) is 12.3. The van der Waals surface area contributed by atoms with Gasteiger partial charge in [-0.05, 0) is 11.6 Å². The molecule has 2 aromatic rings. The Morgan fingerprint density at radius 2 is 1.81 bits per heavy atom. The first-order valence-electron chi connectivity index (χ1n) is 7.33. The summed E-state index contributed by atoms with van der Waals surface area (Å²) >= 11 is 0. The van der Waals surface area contributed by atoms with Crippen LogP contribution in [0.4, 0.5) is 0 Å². The van der Waals surface area contributed by atoms with Crippen molar-refractivity contribution in [3.05, 3.63) is 36.0 Å². The molecule has 5 nitrogen and oxygen atoms in total. The van der Waals surface area contributed by atoms with Crippen LogP contribution in [0.5, 0.6) is 0 Å². The van der Waals surface area contributed by atoms with Crippen molar-refractivity contribution in [2.24, 2.45) is 7.05 Å². The molecule has 2 heterocycles. The molecule has 1 aliphatic rings. The van der Waals surface area contributed by atoms with Gasteiger partial charge in [0.2, 0.25) is 0 Å². The normalized spacial score (nSPS) is 17.4. The molecule has 1 saturated heterocycles. The average Bonchev–Trinajstić information content (AvgIpc) is 2.78. The number of carboxylic acid groups (broad SMARTS) is 1. The first-order chi connectivity index (χ1) is 10.1. The van der Waals surface area contributed by atoms with Crippen molar-refractivity contribution in [2.45, 2.75) is 6.54 Å². The van der Waals surface area contributed by atoms with Crippen LogP contribution in [0.1, 0.15) is 5.56 Å². The molecule has 0 saturated carbocycles. The topological polar surface area (TPSA) is 48.7 Å². The molecule has 0 bridgehead atoms. The van der Waals surface area contributed by atoms with E-state index in [0.717, 1.165) is 32.7 Å². The molecule has 1 fully saturated rings. The van der Waals surface area contributed by atoms with E-state index >= 15 is 0 Å². The van der Waals surface area contributed by atoms with E-state index in [1.807, 2.05) is 4.90 Å². The molecule has 1 N–H and O–H groups in total. The predicted molar refractivity (Wildman–Crippen MR) is 82.3 cm³/mol. The van der Waals surface area contributed by atoms with E-state index in [0.29, 0.717) is 0 Å². The first kappa shape index (κ1) is 14.1. The van der Waals surface area contributed by atoms with E-state index < -0.39 is 5.97 Å². The maximum atomic E-state index is 10.7. The number of benzene rings is 1. The highest BCUT2D eigenvalue weighted by Gasteiger charge is 2.19. The fourth-order valence-electron chi connectivity index (χ4n) is 3.09. The van der Waals surface area contributed by atoms with Crippen LogP contribution in [0.3, 0.4) is 0 Å². The molecule has 0 atom stereocenters. The van der Waals surface area contributed by atoms with Gasteiger partial charge in [-0.15, -0.1) is 0 Å². The number of piperazine rings is 1. The van der Waals surface area contributed by atoms with Gasteiger partial charge in [0, 0.05) is 56.9 Å². The average molecular weight is 287 g/mol. The Bertz CT molecular complexity index is 642. The van der Waals surface area contributed by atoms with Crippen LogP contribution < -0.4 is 0 Å². The number of carboxylic acids is 1. The third-order valence-electron chi connectivity index (χ3n) is 4.20. The van der Waals surface area contributed by atoms with E-state index in [4.69, 9.17) is 5.11 Å². The van der Waals surface area contributed by atoms with Gasteiger partial charge in [0.05, 0.1) is 6.54 Å². The minimum Gasteiger partial charge on any atom is -0.480 e. The van der Waals surface area contributed by atoms with Crippen LogP contribution in [0.2, 0.25) is 0 Å². The number of fused-ring (bicyclic) bond motifs is 1. The molecule has 1 aromatic carbocycles. The predicted octanol–water partition coefficient (Wildman–Crippen LogP) is 1.38. The second-order valence-electron chi connectivity index (χ2n) is 5.73. The fraction of sp³-hybridized carbons (Fsp3) is 0.438. The van der Waals surface area contributed by atoms with Gasteiger partial charge in [0.15, 0.2) is 0 Å². The Morgan fingerprint density at radius 1 is 1.14 bits per heavy atom. The molecule has 112 valence electrons. The van der Waals surface area contributed by atoms with Gasteiger partial charge < -0.3 is 9.67 Å². The van der Waals surface area contributed by atoms with Crippen molar-refractivity contribution in [3.8, 4) is 0 Å². The smallest absolute Gasteiger partial charge is 0.317 e. The molecule has 1 aliphatic heterocycles. The highest BCUT2D eigenvalue weighted by molar-refractivity contribution is 5.83. The number of rotatable bonds is 4. The van der Waals surface area contributed by atoms with Crippen LogP contribution in [0.15, 0.2) is 30.5 Å². The summed E-state index contributed by atoms with van der Waals surface area (Å²) in [5.74, 6) is -0.738. The molecular weight excluding hydrogens is 266 g/mol. The number of hydrogen-bond acceptors (Lipinski definition) is 3. The number of nitrogens with zero attached hydrogens (tertiary/aromatic N) is 3. The third kappa shape index (κ3) is 3.09. The standard InChI is InChI=1S/C16H21N3O2/c1-17-10-13(14-4-2-3-5-15(14)17)11-18-6-8-19(9-7-18)12-16(20)21/h2-5,10H,6-9,11-12H2,1H3,(H,20,21). The lowest BCUT2D eigenvalue weighted by atomic mass is 10.1. The minimum absolute atomic E-state index is 0.155. The zero-order valence-corrected chi connectivity index (χ0v) is 12.3. The van der Waals surface area contributed by atoms with E-state index in [1.54, 1.807) is 0 Å². The Labute approximate surface area is 124 Å². The quantitative estimate of drug-likeness (QED) is 0.923. The zero-order chi connectivity index (χ0) is 14.8. The van der Waals surface area contributed by atoms with Crippen molar-refractivity contribution >= 4 is 16.9 Å².